The summed E-state index contributed by atoms with van der Waals surface area (Å²) in [6, 6.07) is 0.525. The quantitative estimate of drug-likeness (QED) is 0.625. The second kappa shape index (κ2) is 6.40. The topological polar surface area (TPSA) is 26.7 Å². The van der Waals surface area contributed by atoms with Gasteiger partial charge in [0, 0.05) is 25.7 Å². The Hall–Kier alpha value is -0.120. The van der Waals surface area contributed by atoms with E-state index in [0.717, 1.165) is 19.6 Å². The minimum atomic E-state index is 0.256. The van der Waals surface area contributed by atoms with Gasteiger partial charge in [-0.25, -0.2) is 0 Å². The molecule has 0 radical (unpaired) electrons. The van der Waals surface area contributed by atoms with Crippen LogP contribution in [0.5, 0.6) is 0 Å². The molecule has 0 aromatic carbocycles. The van der Waals surface area contributed by atoms with E-state index in [1.165, 1.54) is 0 Å². The largest absolute Gasteiger partial charge is 0.395 e. The highest BCUT2D eigenvalue weighted by Crippen LogP contribution is 1.96. The lowest BCUT2D eigenvalue weighted by atomic mass is 10.3. The fourth-order valence-corrected chi connectivity index (χ4v) is 1.09. The first-order valence-electron chi connectivity index (χ1n) is 4.57. The van der Waals surface area contributed by atoms with Gasteiger partial charge in [-0.1, -0.05) is 0 Å². The molecular formula is C9H22N2O. The molecule has 1 N–H and O–H groups in total. The van der Waals surface area contributed by atoms with Gasteiger partial charge in [0.2, 0.25) is 0 Å². The summed E-state index contributed by atoms with van der Waals surface area (Å²) in [5.74, 6) is 0. The normalized spacial score (nSPS) is 12.0. The molecule has 0 saturated carbocycles. The van der Waals surface area contributed by atoms with Gasteiger partial charge in [-0.15, -0.1) is 0 Å². The first-order chi connectivity index (χ1) is 5.57. The second-order valence-corrected chi connectivity index (χ2v) is 3.66. The van der Waals surface area contributed by atoms with E-state index in [1.54, 1.807) is 0 Å². The van der Waals surface area contributed by atoms with E-state index in [4.69, 9.17) is 5.11 Å². The Balaban J connectivity index is 3.63. The van der Waals surface area contributed by atoms with Crippen molar-refractivity contribution >= 4 is 0 Å². The van der Waals surface area contributed by atoms with Crippen LogP contribution in [-0.2, 0) is 0 Å². The lowest BCUT2D eigenvalue weighted by molar-refractivity contribution is 0.155. The number of nitrogens with zero attached hydrogens (tertiary/aromatic N) is 2. The molecule has 0 heterocycles. The van der Waals surface area contributed by atoms with Gasteiger partial charge >= 0.3 is 0 Å². The van der Waals surface area contributed by atoms with Crippen molar-refractivity contribution in [3.8, 4) is 0 Å². The van der Waals surface area contributed by atoms with E-state index in [1.807, 2.05) is 0 Å². The van der Waals surface area contributed by atoms with Gasteiger partial charge in [0.05, 0.1) is 6.61 Å². The Bertz CT molecular complexity index is 105. The van der Waals surface area contributed by atoms with Crippen LogP contribution in [-0.4, -0.2) is 61.3 Å². The molecular weight excluding hydrogens is 152 g/mol. The molecule has 0 rings (SSSR count). The number of hydrogen-bond acceptors (Lipinski definition) is 3. The van der Waals surface area contributed by atoms with E-state index in [0.29, 0.717) is 6.04 Å². The highest BCUT2D eigenvalue weighted by molar-refractivity contribution is 4.63. The summed E-state index contributed by atoms with van der Waals surface area (Å²) in [6.07, 6.45) is 0. The van der Waals surface area contributed by atoms with Gasteiger partial charge < -0.3 is 10.0 Å². The summed E-state index contributed by atoms with van der Waals surface area (Å²) in [5, 5.41) is 8.80. The predicted molar refractivity (Wildman–Crippen MR) is 52.3 cm³/mol. The van der Waals surface area contributed by atoms with E-state index >= 15 is 0 Å². The molecule has 74 valence electrons. The standard InChI is InChI=1S/C9H22N2O/c1-9(2)11(7-8-12)6-5-10(3)4/h9,12H,5-8H2,1-4H3. The number of rotatable bonds is 6. The van der Waals surface area contributed by atoms with E-state index in [-0.39, 0.29) is 6.61 Å². The lowest BCUT2D eigenvalue weighted by Crippen LogP contribution is -2.38. The number of aliphatic hydroxyl groups excluding tert-OH is 1. The monoisotopic (exact) mass is 174 g/mol. The van der Waals surface area contributed by atoms with E-state index in [2.05, 4.69) is 37.7 Å². The van der Waals surface area contributed by atoms with E-state index < -0.39 is 0 Å². The second-order valence-electron chi connectivity index (χ2n) is 3.66. The van der Waals surface area contributed by atoms with Gasteiger partial charge in [-0.2, -0.15) is 0 Å². The first kappa shape index (κ1) is 11.9. The van der Waals surface area contributed by atoms with Crippen LogP contribution in [0.15, 0.2) is 0 Å². The van der Waals surface area contributed by atoms with Crippen molar-refractivity contribution in [2.45, 2.75) is 19.9 Å². The maximum Gasteiger partial charge on any atom is 0.0558 e. The molecule has 0 atom stereocenters. The zero-order chi connectivity index (χ0) is 9.56. The third kappa shape index (κ3) is 5.52. The molecule has 3 nitrogen and oxygen atoms in total. The van der Waals surface area contributed by atoms with Crippen molar-refractivity contribution in [2.24, 2.45) is 0 Å². The molecule has 0 fully saturated rings. The predicted octanol–water partition coefficient (Wildman–Crippen LogP) is 0.251. The smallest absolute Gasteiger partial charge is 0.0558 e. The fourth-order valence-electron chi connectivity index (χ4n) is 1.09. The molecule has 0 spiro atoms. The molecule has 3 heteroatoms. The number of aliphatic hydroxyl groups is 1. The van der Waals surface area contributed by atoms with Gasteiger partial charge in [0.25, 0.3) is 0 Å². The summed E-state index contributed by atoms with van der Waals surface area (Å²) in [4.78, 5) is 4.44. The summed E-state index contributed by atoms with van der Waals surface area (Å²) in [6.45, 7) is 7.44. The zero-order valence-electron chi connectivity index (χ0n) is 8.75. The Kier molecular flexibility index (Phi) is 6.34. The molecule has 12 heavy (non-hydrogen) atoms. The maximum absolute atomic E-state index is 8.80. The zero-order valence-corrected chi connectivity index (χ0v) is 8.75. The van der Waals surface area contributed by atoms with Crippen LogP contribution in [0.4, 0.5) is 0 Å². The van der Waals surface area contributed by atoms with Crippen LogP contribution in [0.25, 0.3) is 0 Å². The van der Waals surface area contributed by atoms with Crippen molar-refractivity contribution < 1.29 is 5.11 Å². The highest BCUT2D eigenvalue weighted by atomic mass is 16.3. The highest BCUT2D eigenvalue weighted by Gasteiger charge is 2.07. The SMILES string of the molecule is CC(C)N(CCO)CCN(C)C. The van der Waals surface area contributed by atoms with Crippen molar-refractivity contribution in [3.63, 3.8) is 0 Å². The molecule has 0 aliphatic carbocycles. The van der Waals surface area contributed by atoms with Gasteiger partial charge in [0.1, 0.15) is 0 Å². The maximum atomic E-state index is 8.80. The molecule has 0 unspecified atom stereocenters. The molecule has 0 aromatic heterocycles. The Morgan fingerprint density at radius 2 is 1.67 bits per heavy atom. The third-order valence-corrected chi connectivity index (χ3v) is 1.95. The first-order valence-corrected chi connectivity index (χ1v) is 4.57. The molecule has 0 aliphatic heterocycles. The number of likely N-dealkylation sites (N-methyl/N-ethyl adjacent to an activating group) is 1. The minimum absolute atomic E-state index is 0.256. The van der Waals surface area contributed by atoms with Crippen LogP contribution in [0, 0.1) is 0 Å². The molecule has 0 amide bonds. The average molecular weight is 174 g/mol. The third-order valence-electron chi connectivity index (χ3n) is 1.95. The number of hydrogen-bond donors (Lipinski definition) is 1. The van der Waals surface area contributed by atoms with Crippen LogP contribution in [0.2, 0.25) is 0 Å². The minimum Gasteiger partial charge on any atom is -0.395 e. The Labute approximate surface area is 76.0 Å². The Morgan fingerprint density at radius 1 is 1.08 bits per heavy atom. The van der Waals surface area contributed by atoms with Crippen molar-refractivity contribution in [3.05, 3.63) is 0 Å². The van der Waals surface area contributed by atoms with Gasteiger partial charge in [-0.05, 0) is 27.9 Å². The van der Waals surface area contributed by atoms with Gasteiger partial charge in [-0.3, -0.25) is 4.90 Å². The van der Waals surface area contributed by atoms with Crippen LogP contribution < -0.4 is 0 Å². The van der Waals surface area contributed by atoms with Crippen molar-refractivity contribution in [1.29, 1.82) is 0 Å². The fraction of sp³-hybridized carbons (Fsp3) is 1.00. The summed E-state index contributed by atoms with van der Waals surface area (Å²) in [5.41, 5.74) is 0. The molecule has 0 bridgehead atoms. The van der Waals surface area contributed by atoms with Crippen LogP contribution >= 0.6 is 0 Å². The van der Waals surface area contributed by atoms with Crippen LogP contribution in [0.1, 0.15) is 13.8 Å². The van der Waals surface area contributed by atoms with Crippen molar-refractivity contribution in [1.82, 2.24) is 9.80 Å². The summed E-state index contributed by atoms with van der Waals surface area (Å²) in [7, 11) is 4.13. The van der Waals surface area contributed by atoms with Crippen LogP contribution in [0.3, 0.4) is 0 Å². The van der Waals surface area contributed by atoms with Crippen molar-refractivity contribution in [2.75, 3.05) is 40.3 Å². The van der Waals surface area contributed by atoms with E-state index in [9.17, 15) is 0 Å². The Morgan fingerprint density at radius 3 is 2.00 bits per heavy atom. The lowest BCUT2D eigenvalue weighted by Gasteiger charge is -2.26. The molecule has 0 aliphatic rings. The molecule has 0 aromatic rings. The summed E-state index contributed by atoms with van der Waals surface area (Å²) >= 11 is 0. The average Bonchev–Trinajstić information content (AvgIpc) is 1.96. The van der Waals surface area contributed by atoms with Gasteiger partial charge in [0.15, 0.2) is 0 Å². The summed E-state index contributed by atoms with van der Waals surface area (Å²) < 4.78 is 0. The molecule has 0 saturated heterocycles.